The largest absolute Gasteiger partial charge is 0.350 e. The Morgan fingerprint density at radius 2 is 1.73 bits per heavy atom. The maximum absolute atomic E-state index is 12.1. The Kier molecular flexibility index (Phi) is 2.28. The van der Waals surface area contributed by atoms with Gasteiger partial charge in [0.1, 0.15) is 0 Å². The number of rotatable bonds is 3. The van der Waals surface area contributed by atoms with E-state index in [0.29, 0.717) is 0 Å². The van der Waals surface area contributed by atoms with Crippen LogP contribution in [0.1, 0.15) is 40.5 Å². The Morgan fingerprint density at radius 3 is 2.00 bits per heavy atom. The van der Waals surface area contributed by atoms with Crippen molar-refractivity contribution < 1.29 is 4.79 Å². The monoisotopic (exact) mass is 273 g/mol. The van der Waals surface area contributed by atoms with Crippen molar-refractivity contribution in [2.75, 3.05) is 5.33 Å². The van der Waals surface area contributed by atoms with E-state index in [-0.39, 0.29) is 28.2 Å². The van der Waals surface area contributed by atoms with Gasteiger partial charge in [0.15, 0.2) is 0 Å². The highest BCUT2D eigenvalue weighted by molar-refractivity contribution is 9.09. The third kappa shape index (κ3) is 1.54. The van der Waals surface area contributed by atoms with Gasteiger partial charge in [0.25, 0.3) is 0 Å². The van der Waals surface area contributed by atoms with Crippen LogP contribution in [0, 0.1) is 16.7 Å². The summed E-state index contributed by atoms with van der Waals surface area (Å²) in [5.41, 5.74) is 0.394. The van der Waals surface area contributed by atoms with Gasteiger partial charge in [-0.05, 0) is 23.7 Å². The molecule has 1 N–H and O–H groups in total. The Hall–Kier alpha value is -0.0500. The number of halogens is 1. The Labute approximate surface area is 100 Å². The SMILES string of the molecule is CC1(C)C(C(=O)NC2(CBr)CC2)C1(C)C. The summed E-state index contributed by atoms with van der Waals surface area (Å²) in [6.07, 6.45) is 2.25. The van der Waals surface area contributed by atoms with Crippen molar-refractivity contribution in [3.8, 4) is 0 Å². The first-order valence-electron chi connectivity index (χ1n) is 5.65. The van der Waals surface area contributed by atoms with Gasteiger partial charge in [0, 0.05) is 16.8 Å². The predicted octanol–water partition coefficient (Wildman–Crippen LogP) is 2.71. The van der Waals surface area contributed by atoms with Gasteiger partial charge in [-0.25, -0.2) is 0 Å². The average molecular weight is 274 g/mol. The first-order valence-corrected chi connectivity index (χ1v) is 6.77. The molecule has 0 aromatic rings. The number of amides is 1. The molecule has 0 heterocycles. The smallest absolute Gasteiger partial charge is 0.224 e. The van der Waals surface area contributed by atoms with Crippen molar-refractivity contribution >= 4 is 21.8 Å². The molecule has 0 atom stereocenters. The lowest BCUT2D eigenvalue weighted by Gasteiger charge is -2.15. The zero-order chi connectivity index (χ0) is 11.5. The van der Waals surface area contributed by atoms with Gasteiger partial charge in [-0.2, -0.15) is 0 Å². The van der Waals surface area contributed by atoms with E-state index < -0.39 is 0 Å². The molecule has 86 valence electrons. The lowest BCUT2D eigenvalue weighted by atomic mass is 10.0. The Morgan fingerprint density at radius 1 is 1.27 bits per heavy atom. The number of carbonyl (C=O) groups is 1. The van der Waals surface area contributed by atoms with Crippen LogP contribution in [0.5, 0.6) is 0 Å². The van der Waals surface area contributed by atoms with E-state index in [1.165, 1.54) is 0 Å². The van der Waals surface area contributed by atoms with E-state index in [2.05, 4.69) is 48.9 Å². The van der Waals surface area contributed by atoms with Gasteiger partial charge in [0.2, 0.25) is 5.91 Å². The minimum Gasteiger partial charge on any atom is -0.350 e. The summed E-state index contributed by atoms with van der Waals surface area (Å²) in [5.74, 6) is 0.434. The van der Waals surface area contributed by atoms with Crippen molar-refractivity contribution in [2.45, 2.75) is 46.1 Å². The van der Waals surface area contributed by atoms with Gasteiger partial charge < -0.3 is 5.32 Å². The van der Waals surface area contributed by atoms with Gasteiger partial charge in [0.05, 0.1) is 0 Å². The summed E-state index contributed by atoms with van der Waals surface area (Å²) in [4.78, 5) is 12.1. The van der Waals surface area contributed by atoms with Crippen LogP contribution in [-0.2, 0) is 4.79 Å². The lowest BCUT2D eigenvalue weighted by molar-refractivity contribution is -0.124. The van der Waals surface area contributed by atoms with E-state index in [1.807, 2.05) is 0 Å². The van der Waals surface area contributed by atoms with E-state index in [9.17, 15) is 4.79 Å². The topological polar surface area (TPSA) is 29.1 Å². The van der Waals surface area contributed by atoms with Crippen LogP contribution in [0.15, 0.2) is 0 Å². The lowest BCUT2D eigenvalue weighted by Crippen LogP contribution is -2.40. The van der Waals surface area contributed by atoms with Crippen LogP contribution in [-0.4, -0.2) is 16.8 Å². The molecule has 2 nitrogen and oxygen atoms in total. The minimum atomic E-state index is 0.0891. The van der Waals surface area contributed by atoms with Crippen LogP contribution >= 0.6 is 15.9 Å². The molecular weight excluding hydrogens is 254 g/mol. The molecule has 2 aliphatic carbocycles. The zero-order valence-electron chi connectivity index (χ0n) is 9.98. The van der Waals surface area contributed by atoms with E-state index in [1.54, 1.807) is 0 Å². The normalized spacial score (nSPS) is 29.7. The van der Waals surface area contributed by atoms with Crippen LogP contribution in [0.4, 0.5) is 0 Å². The fourth-order valence-electron chi connectivity index (χ4n) is 2.63. The standard InChI is InChI=1S/C12H20BrNO/c1-10(2)8(11(10,3)4)9(15)14-12(7-13)5-6-12/h8H,5-7H2,1-4H3,(H,14,15). The Bertz CT molecular complexity index is 291. The molecule has 2 aliphatic rings. The maximum atomic E-state index is 12.1. The first kappa shape index (κ1) is 11.4. The second kappa shape index (κ2) is 2.99. The molecule has 3 heteroatoms. The molecule has 0 radical (unpaired) electrons. The van der Waals surface area contributed by atoms with Crippen molar-refractivity contribution in [3.63, 3.8) is 0 Å². The molecule has 0 bridgehead atoms. The summed E-state index contributed by atoms with van der Waals surface area (Å²) in [6, 6.07) is 0. The highest BCUT2D eigenvalue weighted by Crippen LogP contribution is 2.68. The molecule has 0 spiro atoms. The van der Waals surface area contributed by atoms with E-state index in [0.717, 1.165) is 18.2 Å². The molecule has 0 aromatic heterocycles. The van der Waals surface area contributed by atoms with Gasteiger partial charge >= 0.3 is 0 Å². The molecule has 2 saturated carbocycles. The summed E-state index contributed by atoms with van der Waals surface area (Å²) in [7, 11) is 0. The van der Waals surface area contributed by atoms with Crippen LogP contribution < -0.4 is 5.32 Å². The van der Waals surface area contributed by atoms with Crippen LogP contribution in [0.2, 0.25) is 0 Å². The van der Waals surface area contributed by atoms with Crippen LogP contribution in [0.25, 0.3) is 0 Å². The van der Waals surface area contributed by atoms with Crippen molar-refractivity contribution in [1.29, 1.82) is 0 Å². The maximum Gasteiger partial charge on any atom is 0.224 e. The van der Waals surface area contributed by atoms with E-state index >= 15 is 0 Å². The molecule has 15 heavy (non-hydrogen) atoms. The van der Waals surface area contributed by atoms with Gasteiger partial charge in [-0.3, -0.25) is 4.79 Å². The van der Waals surface area contributed by atoms with Crippen molar-refractivity contribution in [3.05, 3.63) is 0 Å². The van der Waals surface area contributed by atoms with Crippen molar-refractivity contribution in [1.82, 2.24) is 5.32 Å². The number of carbonyl (C=O) groups excluding carboxylic acids is 1. The third-order valence-electron chi connectivity index (χ3n) is 4.78. The minimum absolute atomic E-state index is 0.0891. The van der Waals surface area contributed by atoms with Gasteiger partial charge in [-0.1, -0.05) is 43.6 Å². The fourth-order valence-corrected chi connectivity index (χ4v) is 3.33. The molecule has 2 fully saturated rings. The highest BCUT2D eigenvalue weighted by Gasteiger charge is 2.68. The van der Waals surface area contributed by atoms with Gasteiger partial charge in [-0.15, -0.1) is 0 Å². The molecular formula is C12H20BrNO. The number of nitrogens with one attached hydrogen (secondary N) is 1. The molecule has 0 unspecified atom stereocenters. The molecule has 0 aromatic carbocycles. The number of hydrogen-bond acceptors (Lipinski definition) is 1. The molecule has 1 amide bonds. The molecule has 0 saturated heterocycles. The summed E-state index contributed by atoms with van der Waals surface area (Å²) in [5, 5.41) is 4.09. The molecule has 2 rings (SSSR count). The number of hydrogen-bond donors (Lipinski definition) is 1. The highest BCUT2D eigenvalue weighted by atomic mass is 79.9. The summed E-state index contributed by atoms with van der Waals surface area (Å²) in [6.45, 7) is 8.74. The zero-order valence-corrected chi connectivity index (χ0v) is 11.6. The summed E-state index contributed by atoms with van der Waals surface area (Å²) >= 11 is 3.47. The summed E-state index contributed by atoms with van der Waals surface area (Å²) < 4.78 is 0. The Balaban J connectivity index is 2.00. The predicted molar refractivity (Wildman–Crippen MR) is 65.0 cm³/mol. The van der Waals surface area contributed by atoms with Crippen LogP contribution in [0.3, 0.4) is 0 Å². The second-order valence-electron chi connectivity index (χ2n) is 6.28. The van der Waals surface area contributed by atoms with E-state index in [4.69, 9.17) is 0 Å². The average Bonchev–Trinajstić information content (AvgIpc) is 2.91. The molecule has 0 aliphatic heterocycles. The fraction of sp³-hybridized carbons (Fsp3) is 0.917. The third-order valence-corrected chi connectivity index (χ3v) is 5.85. The second-order valence-corrected chi connectivity index (χ2v) is 6.84. The first-order chi connectivity index (χ1) is 6.77. The number of alkyl halides is 1. The quantitative estimate of drug-likeness (QED) is 0.788. The van der Waals surface area contributed by atoms with Crippen molar-refractivity contribution in [2.24, 2.45) is 16.7 Å².